The Bertz CT molecular complexity index is 305. The standard InChI is InChI=1S/C20H39NO3/c1-2-3-4-11-14-19(22)15-12-9-7-5-6-8-10-13-16-20(23)24-18-17-21/h9,12,19,22H,2-8,10-11,13-18,21H2,1H3/b12-9-/t19-/m1/s1. The highest BCUT2D eigenvalue weighted by Gasteiger charge is 2.02. The van der Waals surface area contributed by atoms with Crippen molar-refractivity contribution in [2.75, 3.05) is 13.2 Å². The molecule has 4 nitrogen and oxygen atoms in total. The molecule has 0 aromatic rings. The van der Waals surface area contributed by atoms with Gasteiger partial charge in [0.15, 0.2) is 0 Å². The molecule has 0 fully saturated rings. The molecule has 0 bridgehead atoms. The van der Waals surface area contributed by atoms with Gasteiger partial charge in [0.1, 0.15) is 6.61 Å². The maximum Gasteiger partial charge on any atom is 0.305 e. The molecule has 0 heterocycles. The first-order valence-electron chi connectivity index (χ1n) is 9.89. The van der Waals surface area contributed by atoms with Gasteiger partial charge < -0.3 is 15.6 Å². The summed E-state index contributed by atoms with van der Waals surface area (Å²) in [6.45, 7) is 2.93. The van der Waals surface area contributed by atoms with Crippen LogP contribution >= 0.6 is 0 Å². The van der Waals surface area contributed by atoms with Crippen LogP contribution in [0.15, 0.2) is 12.2 Å². The Morgan fingerprint density at radius 3 is 2.50 bits per heavy atom. The van der Waals surface area contributed by atoms with Crippen LogP contribution in [0.1, 0.15) is 90.4 Å². The Hall–Kier alpha value is -0.870. The fraction of sp³-hybridized carbons (Fsp3) is 0.850. The van der Waals surface area contributed by atoms with Crippen LogP contribution in [0, 0.1) is 0 Å². The van der Waals surface area contributed by atoms with Crippen LogP contribution in [0.2, 0.25) is 0 Å². The highest BCUT2D eigenvalue weighted by Crippen LogP contribution is 2.10. The molecule has 0 aliphatic carbocycles. The normalized spacial score (nSPS) is 12.6. The number of allylic oxidation sites excluding steroid dienone is 1. The first-order chi connectivity index (χ1) is 11.7. The van der Waals surface area contributed by atoms with E-state index in [0.717, 1.165) is 44.9 Å². The first kappa shape index (κ1) is 23.1. The van der Waals surface area contributed by atoms with Crippen LogP contribution in [-0.2, 0) is 9.53 Å². The van der Waals surface area contributed by atoms with E-state index in [2.05, 4.69) is 19.1 Å². The number of carbonyl (C=O) groups excluding carboxylic acids is 1. The summed E-state index contributed by atoms with van der Waals surface area (Å²) in [6, 6.07) is 0. The van der Waals surface area contributed by atoms with Gasteiger partial charge in [-0.3, -0.25) is 4.79 Å². The molecule has 0 spiro atoms. The predicted molar refractivity (Wildman–Crippen MR) is 101 cm³/mol. The molecular formula is C20H39NO3. The summed E-state index contributed by atoms with van der Waals surface area (Å²) in [7, 11) is 0. The van der Waals surface area contributed by atoms with Crippen molar-refractivity contribution in [3.05, 3.63) is 12.2 Å². The number of aliphatic hydroxyl groups excluding tert-OH is 1. The maximum absolute atomic E-state index is 11.3. The minimum atomic E-state index is -0.169. The lowest BCUT2D eigenvalue weighted by molar-refractivity contribution is -0.143. The lowest BCUT2D eigenvalue weighted by Gasteiger charge is -2.07. The number of carbonyl (C=O) groups is 1. The van der Waals surface area contributed by atoms with E-state index in [-0.39, 0.29) is 12.1 Å². The molecule has 0 saturated carbocycles. The highest BCUT2D eigenvalue weighted by atomic mass is 16.5. The Balaban J connectivity index is 3.30. The largest absolute Gasteiger partial charge is 0.464 e. The van der Waals surface area contributed by atoms with Gasteiger partial charge in [-0.2, -0.15) is 0 Å². The molecule has 3 N–H and O–H groups in total. The molecular weight excluding hydrogens is 302 g/mol. The second kappa shape index (κ2) is 18.5. The van der Waals surface area contributed by atoms with Gasteiger partial charge in [0.2, 0.25) is 0 Å². The zero-order valence-corrected chi connectivity index (χ0v) is 15.7. The van der Waals surface area contributed by atoms with Gasteiger partial charge in [-0.25, -0.2) is 0 Å². The van der Waals surface area contributed by atoms with Crippen molar-refractivity contribution in [2.45, 2.75) is 96.5 Å². The fourth-order valence-electron chi connectivity index (χ4n) is 2.60. The lowest BCUT2D eigenvalue weighted by atomic mass is 10.1. The van der Waals surface area contributed by atoms with Crippen molar-refractivity contribution in [3.8, 4) is 0 Å². The van der Waals surface area contributed by atoms with Gasteiger partial charge >= 0.3 is 5.97 Å². The molecule has 0 radical (unpaired) electrons. The molecule has 24 heavy (non-hydrogen) atoms. The molecule has 1 atom stereocenters. The molecule has 4 heteroatoms. The molecule has 0 aromatic heterocycles. The van der Waals surface area contributed by atoms with E-state index < -0.39 is 0 Å². The van der Waals surface area contributed by atoms with Crippen LogP contribution in [0.3, 0.4) is 0 Å². The number of ether oxygens (including phenoxy) is 1. The summed E-state index contributed by atoms with van der Waals surface area (Å²) in [5.41, 5.74) is 5.27. The van der Waals surface area contributed by atoms with Gasteiger partial charge in [-0.15, -0.1) is 0 Å². The van der Waals surface area contributed by atoms with Gasteiger partial charge in [0.05, 0.1) is 6.10 Å². The third kappa shape index (κ3) is 17.5. The van der Waals surface area contributed by atoms with Gasteiger partial charge in [-0.05, 0) is 32.1 Å². The van der Waals surface area contributed by atoms with E-state index in [0.29, 0.717) is 19.6 Å². The Morgan fingerprint density at radius 2 is 1.75 bits per heavy atom. The zero-order chi connectivity index (χ0) is 17.9. The van der Waals surface area contributed by atoms with Crippen molar-refractivity contribution in [1.82, 2.24) is 0 Å². The van der Waals surface area contributed by atoms with Crippen molar-refractivity contribution in [3.63, 3.8) is 0 Å². The number of hydrogen-bond acceptors (Lipinski definition) is 4. The quantitative estimate of drug-likeness (QED) is 0.232. The summed E-state index contributed by atoms with van der Waals surface area (Å²) < 4.78 is 4.93. The molecule has 0 aliphatic rings. The van der Waals surface area contributed by atoms with Gasteiger partial charge in [-0.1, -0.05) is 64.0 Å². The van der Waals surface area contributed by atoms with E-state index >= 15 is 0 Å². The van der Waals surface area contributed by atoms with Crippen LogP contribution in [-0.4, -0.2) is 30.3 Å². The number of unbranched alkanes of at least 4 members (excludes halogenated alkanes) is 8. The van der Waals surface area contributed by atoms with Crippen molar-refractivity contribution in [1.29, 1.82) is 0 Å². The van der Waals surface area contributed by atoms with E-state index in [4.69, 9.17) is 10.5 Å². The third-order valence-corrected chi connectivity index (χ3v) is 4.10. The molecule has 0 unspecified atom stereocenters. The number of hydrogen-bond donors (Lipinski definition) is 2. The average molecular weight is 342 g/mol. The third-order valence-electron chi connectivity index (χ3n) is 4.10. The Morgan fingerprint density at radius 1 is 1.04 bits per heavy atom. The van der Waals surface area contributed by atoms with E-state index in [1.54, 1.807) is 0 Å². The lowest BCUT2D eigenvalue weighted by Crippen LogP contribution is -2.13. The van der Waals surface area contributed by atoms with E-state index in [1.165, 1.54) is 32.1 Å². The zero-order valence-electron chi connectivity index (χ0n) is 15.7. The molecule has 142 valence electrons. The van der Waals surface area contributed by atoms with Crippen LogP contribution in [0.5, 0.6) is 0 Å². The summed E-state index contributed by atoms with van der Waals surface area (Å²) in [5.74, 6) is -0.128. The Labute approximate surface area is 148 Å². The van der Waals surface area contributed by atoms with Crippen LogP contribution in [0.25, 0.3) is 0 Å². The minimum Gasteiger partial charge on any atom is -0.464 e. The smallest absolute Gasteiger partial charge is 0.305 e. The number of esters is 1. The number of aliphatic hydroxyl groups is 1. The fourth-order valence-corrected chi connectivity index (χ4v) is 2.60. The van der Waals surface area contributed by atoms with Crippen LogP contribution < -0.4 is 5.73 Å². The molecule has 0 rings (SSSR count). The van der Waals surface area contributed by atoms with Gasteiger partial charge in [0, 0.05) is 13.0 Å². The summed E-state index contributed by atoms with van der Waals surface area (Å²) >= 11 is 0. The van der Waals surface area contributed by atoms with Crippen molar-refractivity contribution >= 4 is 5.97 Å². The molecule has 0 aromatic carbocycles. The second-order valence-corrected chi connectivity index (χ2v) is 6.53. The average Bonchev–Trinajstić information content (AvgIpc) is 2.58. The molecule has 0 aliphatic heterocycles. The first-order valence-corrected chi connectivity index (χ1v) is 9.89. The summed E-state index contributed by atoms with van der Waals surface area (Å²) in [4.78, 5) is 11.3. The van der Waals surface area contributed by atoms with Crippen molar-refractivity contribution in [2.24, 2.45) is 5.73 Å². The topological polar surface area (TPSA) is 72.5 Å². The highest BCUT2D eigenvalue weighted by molar-refractivity contribution is 5.69. The predicted octanol–water partition coefficient (Wildman–Crippen LogP) is 4.50. The summed E-state index contributed by atoms with van der Waals surface area (Å²) in [5, 5.41) is 9.85. The number of nitrogens with two attached hydrogens (primary N) is 1. The van der Waals surface area contributed by atoms with Gasteiger partial charge in [0.25, 0.3) is 0 Å². The molecule has 0 amide bonds. The van der Waals surface area contributed by atoms with Crippen LogP contribution in [0.4, 0.5) is 0 Å². The monoisotopic (exact) mass is 341 g/mol. The minimum absolute atomic E-state index is 0.128. The summed E-state index contributed by atoms with van der Waals surface area (Å²) in [6.07, 6.45) is 17.9. The van der Waals surface area contributed by atoms with Crippen molar-refractivity contribution < 1.29 is 14.6 Å². The Kier molecular flexibility index (Phi) is 17.8. The maximum atomic E-state index is 11.3. The SMILES string of the molecule is CCCCCC[C@@H](O)C/C=C\CCCCCCCC(=O)OCCN. The van der Waals surface area contributed by atoms with E-state index in [9.17, 15) is 9.90 Å². The molecule has 0 saturated heterocycles. The number of rotatable bonds is 17. The second-order valence-electron chi connectivity index (χ2n) is 6.53. The van der Waals surface area contributed by atoms with E-state index in [1.807, 2.05) is 0 Å².